The Kier molecular flexibility index (Phi) is 5.58. The molecule has 0 aliphatic rings. The fraction of sp³-hybridized carbons (Fsp3) is 0.222. The largest absolute Gasteiger partial charge is 0.325 e. The van der Waals surface area contributed by atoms with Gasteiger partial charge in [-0.2, -0.15) is 4.68 Å². The summed E-state index contributed by atoms with van der Waals surface area (Å²) in [6.07, 6.45) is 0. The summed E-state index contributed by atoms with van der Waals surface area (Å²) in [6.45, 7) is 5.84. The highest BCUT2D eigenvalue weighted by Crippen LogP contribution is 2.25. The summed E-state index contributed by atoms with van der Waals surface area (Å²) in [5, 5.41) is 15.6. The minimum atomic E-state index is -0.374. The molecular weight excluding hydrogens is 370 g/mol. The molecule has 0 radical (unpaired) electrons. The zero-order chi connectivity index (χ0) is 18.7. The summed E-state index contributed by atoms with van der Waals surface area (Å²) in [5.74, 6) is -0.132. The Morgan fingerprint density at radius 3 is 2.65 bits per heavy atom. The molecule has 8 heteroatoms. The van der Waals surface area contributed by atoms with Gasteiger partial charge >= 0.3 is 0 Å². The Hall–Kier alpha value is -2.38. The lowest BCUT2D eigenvalue weighted by molar-refractivity contribution is -0.115. The molecule has 1 heterocycles. The quantitative estimate of drug-likeness (QED) is 0.668. The number of benzene rings is 2. The average Bonchev–Trinajstić information content (AvgIpc) is 3.07. The molecule has 0 saturated carbocycles. The summed E-state index contributed by atoms with van der Waals surface area (Å²) < 4.78 is 1.67. The van der Waals surface area contributed by atoms with Gasteiger partial charge in [0.1, 0.15) is 0 Å². The number of thioether (sulfide) groups is 1. The maximum atomic E-state index is 12.4. The van der Waals surface area contributed by atoms with Crippen LogP contribution in [0.15, 0.2) is 47.6 Å². The number of carbonyl (C=O) groups is 1. The second kappa shape index (κ2) is 7.88. The highest BCUT2D eigenvalue weighted by atomic mass is 35.5. The van der Waals surface area contributed by atoms with E-state index in [-0.39, 0.29) is 11.2 Å². The predicted octanol–water partition coefficient (Wildman–Crippen LogP) is 4.05. The maximum Gasteiger partial charge on any atom is 0.237 e. The third-order valence-electron chi connectivity index (χ3n) is 3.80. The van der Waals surface area contributed by atoms with Crippen LogP contribution in [0.3, 0.4) is 0 Å². The molecule has 3 aromatic rings. The van der Waals surface area contributed by atoms with Gasteiger partial charge in [0.25, 0.3) is 0 Å². The van der Waals surface area contributed by atoms with E-state index in [9.17, 15) is 4.79 Å². The molecule has 2 aromatic carbocycles. The monoisotopic (exact) mass is 387 g/mol. The first-order valence-corrected chi connectivity index (χ1v) is 9.29. The highest BCUT2D eigenvalue weighted by Gasteiger charge is 2.20. The first-order chi connectivity index (χ1) is 12.4. The summed E-state index contributed by atoms with van der Waals surface area (Å²) in [5.41, 5.74) is 3.78. The smallest absolute Gasteiger partial charge is 0.237 e. The van der Waals surface area contributed by atoms with Crippen molar-refractivity contribution in [1.29, 1.82) is 0 Å². The normalized spacial score (nSPS) is 12.0. The van der Waals surface area contributed by atoms with Crippen LogP contribution in [0.5, 0.6) is 0 Å². The van der Waals surface area contributed by atoms with Crippen LogP contribution in [0.4, 0.5) is 5.69 Å². The number of nitrogens with zero attached hydrogens (tertiary/aromatic N) is 4. The van der Waals surface area contributed by atoms with Crippen molar-refractivity contribution >= 4 is 35.0 Å². The van der Waals surface area contributed by atoms with Gasteiger partial charge in [-0.3, -0.25) is 4.79 Å². The molecule has 0 spiro atoms. The van der Waals surface area contributed by atoms with Gasteiger partial charge in [-0.05, 0) is 72.7 Å². The second-order valence-electron chi connectivity index (χ2n) is 5.92. The molecule has 0 aliphatic carbocycles. The molecule has 1 aromatic heterocycles. The number of hydrogen-bond acceptors (Lipinski definition) is 5. The van der Waals surface area contributed by atoms with Crippen LogP contribution in [0.1, 0.15) is 18.1 Å². The molecule has 0 saturated heterocycles. The van der Waals surface area contributed by atoms with Gasteiger partial charge in [0.05, 0.1) is 10.9 Å². The minimum Gasteiger partial charge on any atom is -0.325 e. The van der Waals surface area contributed by atoms with Gasteiger partial charge in [0, 0.05) is 10.7 Å². The molecule has 0 fully saturated rings. The van der Waals surface area contributed by atoms with Crippen LogP contribution in [0, 0.1) is 13.8 Å². The number of rotatable bonds is 5. The zero-order valence-corrected chi connectivity index (χ0v) is 16.2. The number of aromatic nitrogens is 4. The molecule has 26 heavy (non-hydrogen) atoms. The lowest BCUT2D eigenvalue weighted by Gasteiger charge is -2.13. The van der Waals surface area contributed by atoms with E-state index in [4.69, 9.17) is 11.6 Å². The van der Waals surface area contributed by atoms with Crippen molar-refractivity contribution < 1.29 is 4.79 Å². The first-order valence-electron chi connectivity index (χ1n) is 8.03. The van der Waals surface area contributed by atoms with Crippen LogP contribution in [0.25, 0.3) is 5.69 Å². The number of anilines is 1. The molecule has 0 unspecified atom stereocenters. The third kappa shape index (κ3) is 4.23. The molecule has 6 nitrogen and oxygen atoms in total. The Morgan fingerprint density at radius 1 is 1.19 bits per heavy atom. The SMILES string of the molecule is Cc1ccc(C)c(-n2nnnc2S[C@@H](C)C(=O)Nc2ccc(Cl)cc2)c1. The minimum absolute atomic E-state index is 0.132. The Bertz CT molecular complexity index is 926. The van der Waals surface area contributed by atoms with E-state index in [0.29, 0.717) is 15.9 Å². The van der Waals surface area contributed by atoms with Crippen LogP contribution in [-0.2, 0) is 4.79 Å². The fourth-order valence-corrected chi connectivity index (χ4v) is 3.27. The summed E-state index contributed by atoms with van der Waals surface area (Å²) in [7, 11) is 0. The number of tetrazole rings is 1. The first kappa shape index (κ1) is 18.4. The maximum absolute atomic E-state index is 12.4. The molecule has 0 aliphatic heterocycles. The van der Waals surface area contributed by atoms with Crippen molar-refractivity contribution in [3.8, 4) is 5.69 Å². The lowest BCUT2D eigenvalue weighted by atomic mass is 10.1. The zero-order valence-electron chi connectivity index (χ0n) is 14.6. The van der Waals surface area contributed by atoms with Crippen molar-refractivity contribution in [2.24, 2.45) is 0 Å². The van der Waals surface area contributed by atoms with Gasteiger partial charge < -0.3 is 5.32 Å². The topological polar surface area (TPSA) is 72.7 Å². The third-order valence-corrected chi connectivity index (χ3v) is 5.08. The Labute approximate surface area is 160 Å². The number of hydrogen-bond donors (Lipinski definition) is 1. The molecule has 3 rings (SSSR count). The summed E-state index contributed by atoms with van der Waals surface area (Å²) in [6, 6.07) is 13.1. The number of amides is 1. The second-order valence-corrected chi connectivity index (χ2v) is 7.66. The van der Waals surface area contributed by atoms with E-state index in [0.717, 1.165) is 16.8 Å². The van der Waals surface area contributed by atoms with Gasteiger partial charge in [0.2, 0.25) is 11.1 Å². The van der Waals surface area contributed by atoms with Crippen molar-refractivity contribution in [3.05, 3.63) is 58.6 Å². The van der Waals surface area contributed by atoms with Gasteiger partial charge in [-0.15, -0.1) is 5.10 Å². The number of aryl methyl sites for hydroxylation is 2. The number of nitrogens with one attached hydrogen (secondary N) is 1. The van der Waals surface area contributed by atoms with E-state index in [2.05, 4.69) is 20.8 Å². The van der Waals surface area contributed by atoms with Crippen molar-refractivity contribution in [3.63, 3.8) is 0 Å². The summed E-state index contributed by atoms with van der Waals surface area (Å²) >= 11 is 7.17. The van der Waals surface area contributed by atoms with E-state index in [1.54, 1.807) is 28.9 Å². The summed E-state index contributed by atoms with van der Waals surface area (Å²) in [4.78, 5) is 12.4. The van der Waals surface area contributed by atoms with E-state index < -0.39 is 0 Å². The van der Waals surface area contributed by atoms with Gasteiger partial charge in [0.15, 0.2) is 0 Å². The number of carbonyl (C=O) groups excluding carboxylic acids is 1. The highest BCUT2D eigenvalue weighted by molar-refractivity contribution is 8.00. The van der Waals surface area contributed by atoms with E-state index in [1.165, 1.54) is 11.8 Å². The van der Waals surface area contributed by atoms with Crippen molar-refractivity contribution in [2.75, 3.05) is 5.32 Å². The molecule has 134 valence electrons. The molecule has 1 amide bonds. The molecule has 1 atom stereocenters. The fourth-order valence-electron chi connectivity index (χ4n) is 2.34. The van der Waals surface area contributed by atoms with Gasteiger partial charge in [-0.25, -0.2) is 0 Å². The van der Waals surface area contributed by atoms with Crippen LogP contribution in [0.2, 0.25) is 5.02 Å². The number of halogens is 1. The standard InChI is InChI=1S/C18H18ClN5OS/c1-11-4-5-12(2)16(10-11)24-18(21-22-23-24)26-13(3)17(25)20-15-8-6-14(19)7-9-15/h4-10,13H,1-3H3,(H,20,25)/t13-/m0/s1. The molecule has 1 N–H and O–H groups in total. The van der Waals surface area contributed by atoms with E-state index >= 15 is 0 Å². The van der Waals surface area contributed by atoms with Gasteiger partial charge in [-0.1, -0.05) is 35.5 Å². The Balaban J connectivity index is 1.75. The van der Waals surface area contributed by atoms with Crippen LogP contribution >= 0.6 is 23.4 Å². The molecular formula is C18H18ClN5OS. The predicted molar refractivity (Wildman–Crippen MR) is 104 cm³/mol. The average molecular weight is 388 g/mol. The lowest BCUT2D eigenvalue weighted by Crippen LogP contribution is -2.22. The van der Waals surface area contributed by atoms with Crippen molar-refractivity contribution in [2.45, 2.75) is 31.2 Å². The van der Waals surface area contributed by atoms with E-state index in [1.807, 2.05) is 39.0 Å². The molecule has 0 bridgehead atoms. The van der Waals surface area contributed by atoms with Crippen LogP contribution in [-0.4, -0.2) is 31.4 Å². The van der Waals surface area contributed by atoms with Crippen LogP contribution < -0.4 is 5.32 Å². The van der Waals surface area contributed by atoms with Crippen molar-refractivity contribution in [1.82, 2.24) is 20.2 Å². The Morgan fingerprint density at radius 2 is 1.92 bits per heavy atom.